The number of nitrogens with two attached hydrogens (primary N) is 1. The van der Waals surface area contributed by atoms with Gasteiger partial charge in [-0.05, 0) is 38.0 Å². The molecule has 2 aliphatic rings. The average Bonchev–Trinajstić information content (AvgIpc) is 3.00. The molecule has 3 unspecified atom stereocenters. The summed E-state index contributed by atoms with van der Waals surface area (Å²) >= 11 is 1.59. The van der Waals surface area contributed by atoms with Crippen LogP contribution in [0.5, 0.6) is 0 Å². The molecule has 1 aromatic carbocycles. The predicted octanol–water partition coefficient (Wildman–Crippen LogP) is 3.74. The van der Waals surface area contributed by atoms with E-state index in [1.165, 1.54) is 12.4 Å². The number of hydrogen-bond acceptors (Lipinski definition) is 6. The van der Waals surface area contributed by atoms with Gasteiger partial charge in [-0.1, -0.05) is 17.8 Å². The lowest BCUT2D eigenvalue weighted by Gasteiger charge is -2.36. The summed E-state index contributed by atoms with van der Waals surface area (Å²) in [5, 5.41) is 0.588. The molecule has 5 nitrogen and oxygen atoms in total. The van der Waals surface area contributed by atoms with Crippen LogP contribution in [-0.2, 0) is 10.3 Å². The van der Waals surface area contributed by atoms with E-state index in [1.807, 2.05) is 26.0 Å². The number of halogens is 1. The number of rotatable bonds is 4. The molecule has 27 heavy (non-hydrogen) atoms. The van der Waals surface area contributed by atoms with E-state index in [4.69, 9.17) is 15.5 Å². The second-order valence-corrected chi connectivity index (χ2v) is 8.49. The first-order valence-corrected chi connectivity index (χ1v) is 10.2. The van der Waals surface area contributed by atoms with Crippen molar-refractivity contribution in [2.75, 3.05) is 5.75 Å². The van der Waals surface area contributed by atoms with Gasteiger partial charge in [0.15, 0.2) is 5.17 Å². The van der Waals surface area contributed by atoms with Crippen LogP contribution in [0, 0.1) is 11.7 Å². The minimum Gasteiger partial charge on any atom is -0.379 e. The maximum Gasteiger partial charge on any atom is 0.154 e. The molecule has 2 heterocycles. The van der Waals surface area contributed by atoms with Gasteiger partial charge in [-0.3, -0.25) is 4.99 Å². The molecule has 4 rings (SSSR count). The highest BCUT2D eigenvalue weighted by atomic mass is 32.2. The summed E-state index contributed by atoms with van der Waals surface area (Å²) in [4.78, 5) is 12.9. The van der Waals surface area contributed by atoms with Gasteiger partial charge in [0.2, 0.25) is 0 Å². The zero-order valence-electron chi connectivity index (χ0n) is 15.4. The van der Waals surface area contributed by atoms with Crippen molar-refractivity contribution >= 4 is 16.9 Å². The van der Waals surface area contributed by atoms with Crippen molar-refractivity contribution in [2.24, 2.45) is 16.6 Å². The summed E-state index contributed by atoms with van der Waals surface area (Å²) in [6.45, 7) is 4.10. The maximum absolute atomic E-state index is 14.5. The third-order valence-corrected chi connectivity index (χ3v) is 6.26. The van der Waals surface area contributed by atoms with E-state index in [0.717, 1.165) is 24.2 Å². The highest BCUT2D eigenvalue weighted by Crippen LogP contribution is 2.52. The van der Waals surface area contributed by atoms with Crippen LogP contribution >= 0.6 is 11.8 Å². The summed E-state index contributed by atoms with van der Waals surface area (Å²) in [6.07, 6.45) is 6.66. The highest BCUT2D eigenvalue weighted by molar-refractivity contribution is 8.13. The molecule has 0 bridgehead atoms. The fraction of sp³-hybridized carbons (Fsp3) is 0.450. The Labute approximate surface area is 162 Å². The molecule has 1 saturated carbocycles. The molecular weight excluding hydrogens is 363 g/mol. The third-order valence-electron chi connectivity index (χ3n) is 5.31. The minimum absolute atomic E-state index is 0.124. The SMILES string of the molecule is CC(C)OC1CC2CSC(N)=NC2(c2ccc(F)c(-c3cncnc3)c2)C1. The second kappa shape index (κ2) is 7.20. The summed E-state index contributed by atoms with van der Waals surface area (Å²) in [7, 11) is 0. The Hall–Kier alpha value is -1.99. The fourth-order valence-electron chi connectivity index (χ4n) is 4.23. The predicted molar refractivity (Wildman–Crippen MR) is 106 cm³/mol. The van der Waals surface area contributed by atoms with Crippen molar-refractivity contribution in [1.82, 2.24) is 9.97 Å². The molecule has 2 aromatic rings. The molecule has 2 N–H and O–H groups in total. The number of benzene rings is 1. The summed E-state index contributed by atoms with van der Waals surface area (Å²) in [6, 6.07) is 5.22. The van der Waals surface area contributed by atoms with Crippen molar-refractivity contribution < 1.29 is 9.13 Å². The van der Waals surface area contributed by atoms with Crippen LogP contribution in [-0.4, -0.2) is 33.1 Å². The number of fused-ring (bicyclic) bond motifs is 1. The number of ether oxygens (including phenoxy) is 1. The average molecular weight is 386 g/mol. The molecule has 7 heteroatoms. The van der Waals surface area contributed by atoms with Gasteiger partial charge in [-0.15, -0.1) is 0 Å². The van der Waals surface area contributed by atoms with Crippen LogP contribution in [0.2, 0.25) is 0 Å². The van der Waals surface area contributed by atoms with Crippen LogP contribution in [0.3, 0.4) is 0 Å². The van der Waals surface area contributed by atoms with Gasteiger partial charge in [-0.25, -0.2) is 14.4 Å². The van der Waals surface area contributed by atoms with Gasteiger partial charge in [0.1, 0.15) is 12.1 Å². The fourth-order valence-corrected chi connectivity index (χ4v) is 5.24. The monoisotopic (exact) mass is 386 g/mol. The van der Waals surface area contributed by atoms with Gasteiger partial charge in [0.25, 0.3) is 0 Å². The molecule has 1 aromatic heterocycles. The van der Waals surface area contributed by atoms with E-state index < -0.39 is 5.54 Å². The Bertz CT molecular complexity index is 860. The van der Waals surface area contributed by atoms with Crippen molar-refractivity contribution in [2.45, 2.75) is 44.4 Å². The first-order chi connectivity index (χ1) is 13.0. The second-order valence-electron chi connectivity index (χ2n) is 7.45. The number of hydrogen-bond donors (Lipinski definition) is 1. The number of nitrogens with zero attached hydrogens (tertiary/aromatic N) is 3. The molecule has 0 spiro atoms. The Morgan fingerprint density at radius 2 is 2.07 bits per heavy atom. The lowest BCUT2D eigenvalue weighted by atomic mass is 9.80. The standard InChI is InChI=1S/C20H23FN4OS/c1-12(2)26-16-5-15-10-27-19(22)25-20(15,7-16)14-3-4-18(21)17(6-14)13-8-23-11-24-9-13/h3-4,6,8-9,11-12,15-16H,5,7,10H2,1-2H3,(H2,22,25). The summed E-state index contributed by atoms with van der Waals surface area (Å²) < 4.78 is 20.7. The molecule has 142 valence electrons. The quantitative estimate of drug-likeness (QED) is 0.866. The molecule has 1 aliphatic carbocycles. The van der Waals surface area contributed by atoms with E-state index in [1.54, 1.807) is 24.2 Å². The lowest BCUT2D eigenvalue weighted by Crippen LogP contribution is -2.36. The van der Waals surface area contributed by atoms with E-state index >= 15 is 0 Å². The van der Waals surface area contributed by atoms with Crippen LogP contribution in [0.4, 0.5) is 4.39 Å². The van der Waals surface area contributed by atoms with Crippen molar-refractivity contribution in [3.63, 3.8) is 0 Å². The Morgan fingerprint density at radius 1 is 1.30 bits per heavy atom. The Balaban J connectivity index is 1.79. The first-order valence-electron chi connectivity index (χ1n) is 9.17. The molecule has 3 atom stereocenters. The zero-order valence-corrected chi connectivity index (χ0v) is 16.2. The summed E-state index contributed by atoms with van der Waals surface area (Å²) in [5.41, 5.74) is 7.77. The molecule has 1 aliphatic heterocycles. The zero-order chi connectivity index (χ0) is 19.0. The molecule has 0 amide bonds. The van der Waals surface area contributed by atoms with Gasteiger partial charge in [0.05, 0.1) is 17.7 Å². The first kappa shape index (κ1) is 18.4. The molecule has 0 radical (unpaired) electrons. The van der Waals surface area contributed by atoms with Crippen LogP contribution in [0.15, 0.2) is 41.9 Å². The number of thioether (sulfide) groups is 1. The summed E-state index contributed by atoms with van der Waals surface area (Å²) in [5.74, 6) is 0.912. The van der Waals surface area contributed by atoms with Crippen LogP contribution < -0.4 is 5.73 Å². The van der Waals surface area contributed by atoms with E-state index in [0.29, 0.717) is 22.2 Å². The number of amidine groups is 1. The lowest BCUT2D eigenvalue weighted by molar-refractivity contribution is 0.00847. The van der Waals surface area contributed by atoms with Crippen molar-refractivity contribution in [1.29, 1.82) is 0 Å². The van der Waals surface area contributed by atoms with Crippen molar-refractivity contribution in [3.05, 3.63) is 48.3 Å². The topological polar surface area (TPSA) is 73.4 Å². The van der Waals surface area contributed by atoms with Crippen molar-refractivity contribution in [3.8, 4) is 11.1 Å². The van der Waals surface area contributed by atoms with Crippen LogP contribution in [0.1, 0.15) is 32.3 Å². The Morgan fingerprint density at radius 3 is 2.81 bits per heavy atom. The Kier molecular flexibility index (Phi) is 4.90. The van der Waals surface area contributed by atoms with Gasteiger partial charge in [-0.2, -0.15) is 0 Å². The molecular formula is C20H23FN4OS. The van der Waals surface area contributed by atoms with E-state index in [-0.39, 0.29) is 18.0 Å². The molecule has 1 fully saturated rings. The van der Waals surface area contributed by atoms with E-state index in [2.05, 4.69) is 9.97 Å². The maximum atomic E-state index is 14.5. The minimum atomic E-state index is -0.465. The van der Waals surface area contributed by atoms with E-state index in [9.17, 15) is 4.39 Å². The number of aromatic nitrogens is 2. The number of aliphatic imine (C=N–C) groups is 1. The van der Waals surface area contributed by atoms with Crippen LogP contribution in [0.25, 0.3) is 11.1 Å². The van der Waals surface area contributed by atoms with Gasteiger partial charge >= 0.3 is 0 Å². The largest absolute Gasteiger partial charge is 0.379 e. The smallest absolute Gasteiger partial charge is 0.154 e. The molecule has 0 saturated heterocycles. The highest BCUT2D eigenvalue weighted by Gasteiger charge is 2.51. The van der Waals surface area contributed by atoms with Gasteiger partial charge < -0.3 is 10.5 Å². The van der Waals surface area contributed by atoms with Gasteiger partial charge in [0, 0.05) is 41.6 Å². The normalized spacial score (nSPS) is 27.5. The third kappa shape index (κ3) is 3.46.